The lowest BCUT2D eigenvalue weighted by Crippen LogP contribution is -1.86. The van der Waals surface area contributed by atoms with Gasteiger partial charge < -0.3 is 0 Å². The van der Waals surface area contributed by atoms with Crippen LogP contribution in [0.5, 0.6) is 0 Å². The van der Waals surface area contributed by atoms with Gasteiger partial charge in [0.25, 0.3) is 0 Å². The Hall–Kier alpha value is -1.29. The molecule has 0 bridgehead atoms. The first-order valence-electron chi connectivity index (χ1n) is 3.61. The molecule has 0 atom stereocenters. The second-order valence-corrected chi connectivity index (χ2v) is 2.45. The molecule has 0 amide bonds. The fourth-order valence-corrected chi connectivity index (χ4v) is 0.986. The maximum atomic E-state index is 8.38. The van der Waals surface area contributed by atoms with Crippen molar-refractivity contribution in [2.24, 2.45) is 0 Å². The lowest BCUT2D eigenvalue weighted by atomic mass is 10.0. The molecule has 0 aromatic rings. The van der Waals surface area contributed by atoms with Crippen LogP contribution in [0.4, 0.5) is 0 Å². The first kappa shape index (κ1) is 7.81. The zero-order valence-electron chi connectivity index (χ0n) is 6.54. The minimum absolute atomic E-state index is 0.975. The van der Waals surface area contributed by atoms with Crippen LogP contribution in [0.3, 0.4) is 0 Å². The molecule has 11 heavy (non-hydrogen) atoms. The van der Waals surface area contributed by atoms with E-state index >= 15 is 0 Å². The molecule has 0 aromatic carbocycles. The van der Waals surface area contributed by atoms with Gasteiger partial charge in [0.2, 0.25) is 0 Å². The number of nitriles is 1. The van der Waals surface area contributed by atoms with Crippen LogP contribution in [0.25, 0.3) is 0 Å². The topological polar surface area (TPSA) is 23.8 Å². The van der Waals surface area contributed by atoms with Crippen LogP contribution in [0.2, 0.25) is 0 Å². The van der Waals surface area contributed by atoms with E-state index in [1.54, 1.807) is 6.08 Å². The number of allylic oxidation sites excluding steroid dienone is 6. The summed E-state index contributed by atoms with van der Waals surface area (Å²) in [5, 5.41) is 8.38. The normalized spacial score (nSPS) is 17.5. The van der Waals surface area contributed by atoms with Crippen LogP contribution >= 0.6 is 0 Å². The zero-order chi connectivity index (χ0) is 8.10. The number of hydrogen-bond donors (Lipinski definition) is 0. The van der Waals surface area contributed by atoms with Crippen LogP contribution in [0.15, 0.2) is 35.5 Å². The molecule has 55 valence electrons. The molecule has 1 aliphatic carbocycles. The highest BCUT2D eigenvalue weighted by atomic mass is 14.2. The van der Waals surface area contributed by atoms with Crippen LogP contribution in [-0.2, 0) is 0 Å². The van der Waals surface area contributed by atoms with Gasteiger partial charge in [-0.1, -0.05) is 18.2 Å². The van der Waals surface area contributed by atoms with E-state index in [1.165, 1.54) is 0 Å². The summed E-state index contributed by atoms with van der Waals surface area (Å²) >= 11 is 0. The van der Waals surface area contributed by atoms with Gasteiger partial charge in [-0.2, -0.15) is 5.26 Å². The molecule has 0 spiro atoms. The van der Waals surface area contributed by atoms with Crippen molar-refractivity contribution in [2.45, 2.75) is 13.3 Å². The quantitative estimate of drug-likeness (QED) is 0.519. The maximum Gasteiger partial charge on any atom is 0.0915 e. The van der Waals surface area contributed by atoms with Gasteiger partial charge in [0.15, 0.2) is 0 Å². The molecule has 1 rings (SSSR count). The lowest BCUT2D eigenvalue weighted by molar-refractivity contribution is 1.22. The van der Waals surface area contributed by atoms with Crippen molar-refractivity contribution in [3.05, 3.63) is 41.9 Å². The van der Waals surface area contributed by atoms with Gasteiger partial charge in [-0.15, -0.1) is 0 Å². The van der Waals surface area contributed by atoms with Crippen molar-refractivity contribution in [3.8, 4) is 6.07 Å². The summed E-state index contributed by atoms with van der Waals surface area (Å²) in [7, 11) is 0. The standard InChI is InChI=1S/C10H10N/c1-9(7-8-11)10-5-3-2-4-6-10/h2-3,5-7H,4H2,1H3. The van der Waals surface area contributed by atoms with Gasteiger partial charge >= 0.3 is 0 Å². The van der Waals surface area contributed by atoms with Gasteiger partial charge in [-0.3, -0.25) is 0 Å². The molecular weight excluding hydrogens is 134 g/mol. The van der Waals surface area contributed by atoms with E-state index in [1.807, 2.05) is 25.1 Å². The molecule has 0 aromatic heterocycles. The van der Waals surface area contributed by atoms with E-state index < -0.39 is 0 Å². The molecular formula is C10H10N. The molecule has 0 aliphatic heterocycles. The summed E-state index contributed by atoms with van der Waals surface area (Å²) in [6.07, 6.45) is 10.8. The average molecular weight is 144 g/mol. The van der Waals surface area contributed by atoms with Gasteiger partial charge in [0.1, 0.15) is 0 Å². The summed E-state index contributed by atoms with van der Waals surface area (Å²) in [5.74, 6) is 0. The Labute approximate surface area is 67.3 Å². The second kappa shape index (κ2) is 3.78. The van der Waals surface area contributed by atoms with Crippen LogP contribution in [0.1, 0.15) is 13.3 Å². The highest BCUT2D eigenvalue weighted by molar-refractivity contribution is 5.43. The molecule has 0 fully saturated rings. The first-order valence-corrected chi connectivity index (χ1v) is 3.61. The molecule has 0 saturated carbocycles. The smallest absolute Gasteiger partial charge is 0.0915 e. The molecule has 0 unspecified atom stereocenters. The van der Waals surface area contributed by atoms with Crippen molar-refractivity contribution < 1.29 is 0 Å². The minimum atomic E-state index is 0.975. The van der Waals surface area contributed by atoms with E-state index in [0.29, 0.717) is 0 Å². The Morgan fingerprint density at radius 3 is 3.09 bits per heavy atom. The highest BCUT2D eigenvalue weighted by Crippen LogP contribution is 2.16. The Kier molecular flexibility index (Phi) is 2.68. The molecule has 0 saturated heterocycles. The molecule has 1 radical (unpaired) electrons. The van der Waals surface area contributed by atoms with Crippen molar-refractivity contribution in [2.75, 3.05) is 0 Å². The summed E-state index contributed by atoms with van der Waals surface area (Å²) in [4.78, 5) is 0. The van der Waals surface area contributed by atoms with E-state index in [4.69, 9.17) is 5.26 Å². The minimum Gasteiger partial charge on any atom is -0.193 e. The predicted octanol–water partition coefficient (Wildman–Crippen LogP) is 2.55. The Morgan fingerprint density at radius 1 is 1.73 bits per heavy atom. The number of rotatable bonds is 1. The number of nitrogens with zero attached hydrogens (tertiary/aromatic N) is 1. The van der Waals surface area contributed by atoms with Gasteiger partial charge in [0, 0.05) is 6.08 Å². The van der Waals surface area contributed by atoms with Crippen molar-refractivity contribution in [3.63, 3.8) is 0 Å². The van der Waals surface area contributed by atoms with E-state index in [-0.39, 0.29) is 0 Å². The monoisotopic (exact) mass is 144 g/mol. The highest BCUT2D eigenvalue weighted by Gasteiger charge is 1.98. The summed E-state index contributed by atoms with van der Waals surface area (Å²) < 4.78 is 0. The fourth-order valence-electron chi connectivity index (χ4n) is 0.986. The molecule has 0 heterocycles. The summed E-state index contributed by atoms with van der Waals surface area (Å²) in [5.41, 5.74) is 2.20. The Morgan fingerprint density at radius 2 is 2.55 bits per heavy atom. The molecule has 0 N–H and O–H groups in total. The SMILES string of the molecule is CC(=CC#N)C1=CC[CH]C=C1. The van der Waals surface area contributed by atoms with Crippen molar-refractivity contribution in [1.82, 2.24) is 0 Å². The van der Waals surface area contributed by atoms with E-state index in [9.17, 15) is 0 Å². The van der Waals surface area contributed by atoms with Gasteiger partial charge in [-0.25, -0.2) is 0 Å². The average Bonchev–Trinajstić information content (AvgIpc) is 2.07. The van der Waals surface area contributed by atoms with Crippen molar-refractivity contribution in [1.29, 1.82) is 5.26 Å². The third-order valence-electron chi connectivity index (χ3n) is 1.62. The lowest BCUT2D eigenvalue weighted by Gasteiger charge is -2.04. The third kappa shape index (κ3) is 2.09. The Balaban J connectivity index is 2.76. The summed E-state index contributed by atoms with van der Waals surface area (Å²) in [6, 6.07) is 2.02. The first-order chi connectivity index (χ1) is 5.34. The largest absolute Gasteiger partial charge is 0.193 e. The maximum absolute atomic E-state index is 8.38. The predicted molar refractivity (Wildman–Crippen MR) is 45.5 cm³/mol. The van der Waals surface area contributed by atoms with E-state index in [2.05, 4.69) is 12.5 Å². The zero-order valence-corrected chi connectivity index (χ0v) is 6.54. The van der Waals surface area contributed by atoms with Crippen LogP contribution in [0, 0.1) is 17.8 Å². The van der Waals surface area contributed by atoms with Gasteiger partial charge in [-0.05, 0) is 30.9 Å². The second-order valence-electron chi connectivity index (χ2n) is 2.45. The van der Waals surface area contributed by atoms with Gasteiger partial charge in [0.05, 0.1) is 6.07 Å². The summed E-state index contributed by atoms with van der Waals surface area (Å²) in [6.45, 7) is 1.95. The van der Waals surface area contributed by atoms with Crippen molar-refractivity contribution >= 4 is 0 Å². The Bertz CT molecular complexity index is 261. The third-order valence-corrected chi connectivity index (χ3v) is 1.62. The van der Waals surface area contributed by atoms with E-state index in [0.717, 1.165) is 17.6 Å². The van der Waals surface area contributed by atoms with Crippen LogP contribution < -0.4 is 0 Å². The fraction of sp³-hybridized carbons (Fsp3) is 0.200. The number of hydrogen-bond acceptors (Lipinski definition) is 1. The molecule has 1 nitrogen and oxygen atoms in total. The molecule has 1 aliphatic rings. The van der Waals surface area contributed by atoms with Crippen LogP contribution in [-0.4, -0.2) is 0 Å². The molecule has 1 heteroatoms.